The summed E-state index contributed by atoms with van der Waals surface area (Å²) in [6.45, 7) is 9.09. The maximum Gasteiger partial charge on any atom is 0.234 e. The van der Waals surface area contributed by atoms with Crippen LogP contribution in [0.1, 0.15) is 39.7 Å². The van der Waals surface area contributed by atoms with Crippen LogP contribution in [0.25, 0.3) is 0 Å². The maximum atomic E-state index is 11.6. The first-order valence-corrected chi connectivity index (χ1v) is 7.27. The van der Waals surface area contributed by atoms with E-state index in [2.05, 4.69) is 17.6 Å². The molecule has 112 valence electrons. The first kappa shape index (κ1) is 16.5. The number of amides is 1. The van der Waals surface area contributed by atoms with Gasteiger partial charge in [0.05, 0.1) is 12.6 Å². The van der Waals surface area contributed by atoms with Crippen LogP contribution in [0.15, 0.2) is 24.3 Å². The van der Waals surface area contributed by atoms with Gasteiger partial charge in [-0.3, -0.25) is 4.79 Å². The zero-order valence-corrected chi connectivity index (χ0v) is 12.9. The first-order chi connectivity index (χ1) is 9.51. The summed E-state index contributed by atoms with van der Waals surface area (Å²) in [6, 6.07) is 8.16. The van der Waals surface area contributed by atoms with Crippen LogP contribution in [0.5, 0.6) is 5.75 Å². The molecule has 0 saturated heterocycles. The molecule has 0 aromatic heterocycles. The average molecular weight is 278 g/mol. The van der Waals surface area contributed by atoms with Crippen molar-refractivity contribution in [3.63, 3.8) is 0 Å². The Balaban J connectivity index is 2.30. The Bertz CT molecular complexity index is 401. The molecule has 0 radical (unpaired) electrons. The minimum absolute atomic E-state index is 0.0408. The Morgan fingerprint density at radius 3 is 2.40 bits per heavy atom. The van der Waals surface area contributed by atoms with Crippen molar-refractivity contribution in [3.05, 3.63) is 29.8 Å². The van der Waals surface area contributed by atoms with Crippen LogP contribution >= 0.6 is 0 Å². The molecule has 0 aliphatic rings. The molecule has 1 aromatic rings. The van der Waals surface area contributed by atoms with E-state index in [0.29, 0.717) is 13.1 Å². The van der Waals surface area contributed by atoms with Crippen LogP contribution in [0, 0.1) is 0 Å². The summed E-state index contributed by atoms with van der Waals surface area (Å²) in [4.78, 5) is 11.6. The number of hydrogen-bond acceptors (Lipinski definition) is 3. The van der Waals surface area contributed by atoms with E-state index in [0.717, 1.165) is 17.7 Å². The second-order valence-corrected chi connectivity index (χ2v) is 5.29. The second-order valence-electron chi connectivity index (χ2n) is 5.29. The van der Waals surface area contributed by atoms with Gasteiger partial charge in [-0.15, -0.1) is 0 Å². The molecule has 0 aliphatic heterocycles. The SMILES string of the molecule is CCC(C)NC(=O)CNCc1ccc(OC(C)C)cc1. The lowest BCUT2D eigenvalue weighted by atomic mass is 10.2. The third kappa shape index (κ3) is 6.57. The highest BCUT2D eigenvalue weighted by Crippen LogP contribution is 2.13. The zero-order chi connectivity index (χ0) is 15.0. The van der Waals surface area contributed by atoms with E-state index in [1.807, 2.05) is 45.0 Å². The predicted molar refractivity (Wildman–Crippen MR) is 81.8 cm³/mol. The monoisotopic (exact) mass is 278 g/mol. The minimum Gasteiger partial charge on any atom is -0.491 e. The fourth-order valence-corrected chi connectivity index (χ4v) is 1.71. The minimum atomic E-state index is 0.0408. The summed E-state index contributed by atoms with van der Waals surface area (Å²) in [5.74, 6) is 0.914. The van der Waals surface area contributed by atoms with Crippen LogP contribution in [0.3, 0.4) is 0 Å². The van der Waals surface area contributed by atoms with Gasteiger partial charge in [-0.25, -0.2) is 0 Å². The Morgan fingerprint density at radius 1 is 1.20 bits per heavy atom. The lowest BCUT2D eigenvalue weighted by molar-refractivity contribution is -0.120. The van der Waals surface area contributed by atoms with E-state index >= 15 is 0 Å². The van der Waals surface area contributed by atoms with Crippen molar-refractivity contribution in [1.82, 2.24) is 10.6 Å². The van der Waals surface area contributed by atoms with Crippen molar-refractivity contribution in [2.24, 2.45) is 0 Å². The molecule has 0 saturated carbocycles. The number of hydrogen-bond donors (Lipinski definition) is 2. The predicted octanol–water partition coefficient (Wildman–Crippen LogP) is 2.48. The Kier molecular flexibility index (Phi) is 7.09. The van der Waals surface area contributed by atoms with E-state index in [1.54, 1.807) is 0 Å². The van der Waals surface area contributed by atoms with Crippen molar-refractivity contribution >= 4 is 5.91 Å². The highest BCUT2D eigenvalue weighted by molar-refractivity contribution is 5.78. The van der Waals surface area contributed by atoms with Gasteiger partial charge in [0.25, 0.3) is 0 Å². The van der Waals surface area contributed by atoms with Gasteiger partial charge in [0.1, 0.15) is 5.75 Å². The molecule has 1 aromatic carbocycles. The largest absolute Gasteiger partial charge is 0.491 e. The van der Waals surface area contributed by atoms with Gasteiger partial charge >= 0.3 is 0 Å². The first-order valence-electron chi connectivity index (χ1n) is 7.27. The standard InChI is InChI=1S/C16H26N2O2/c1-5-13(4)18-16(19)11-17-10-14-6-8-15(9-7-14)20-12(2)3/h6-9,12-13,17H,5,10-11H2,1-4H3,(H,18,19). The summed E-state index contributed by atoms with van der Waals surface area (Å²) < 4.78 is 5.58. The third-order valence-corrected chi connectivity index (χ3v) is 2.93. The fraction of sp³-hybridized carbons (Fsp3) is 0.562. The molecule has 4 nitrogen and oxygen atoms in total. The summed E-state index contributed by atoms with van der Waals surface area (Å²) in [7, 11) is 0. The molecule has 1 amide bonds. The van der Waals surface area contributed by atoms with Gasteiger partial charge in [-0.2, -0.15) is 0 Å². The van der Waals surface area contributed by atoms with Crippen LogP contribution in [-0.4, -0.2) is 24.6 Å². The topological polar surface area (TPSA) is 50.4 Å². The van der Waals surface area contributed by atoms with Crippen LogP contribution < -0.4 is 15.4 Å². The summed E-state index contributed by atoms with van der Waals surface area (Å²) in [6.07, 6.45) is 1.13. The summed E-state index contributed by atoms with van der Waals surface area (Å²) in [5.41, 5.74) is 1.14. The van der Waals surface area contributed by atoms with Crippen LogP contribution in [0.4, 0.5) is 0 Å². The van der Waals surface area contributed by atoms with E-state index in [-0.39, 0.29) is 18.1 Å². The lowest BCUT2D eigenvalue weighted by Crippen LogP contribution is -2.38. The van der Waals surface area contributed by atoms with E-state index < -0.39 is 0 Å². The molecule has 0 fully saturated rings. The van der Waals surface area contributed by atoms with Crippen molar-refractivity contribution < 1.29 is 9.53 Å². The van der Waals surface area contributed by atoms with Gasteiger partial charge in [0.15, 0.2) is 0 Å². The van der Waals surface area contributed by atoms with E-state index in [9.17, 15) is 4.79 Å². The number of nitrogens with one attached hydrogen (secondary N) is 2. The summed E-state index contributed by atoms with van der Waals surface area (Å²) >= 11 is 0. The smallest absolute Gasteiger partial charge is 0.234 e. The number of carbonyl (C=O) groups excluding carboxylic acids is 1. The Hall–Kier alpha value is -1.55. The van der Waals surface area contributed by atoms with Gasteiger partial charge in [-0.1, -0.05) is 19.1 Å². The maximum absolute atomic E-state index is 11.6. The average Bonchev–Trinajstić information content (AvgIpc) is 2.40. The van der Waals surface area contributed by atoms with E-state index in [1.165, 1.54) is 0 Å². The molecule has 0 spiro atoms. The Labute approximate surface area is 121 Å². The number of carbonyl (C=O) groups is 1. The molecule has 0 heterocycles. The Morgan fingerprint density at radius 2 is 1.85 bits per heavy atom. The molecule has 0 aliphatic carbocycles. The van der Waals surface area contributed by atoms with Gasteiger partial charge in [0.2, 0.25) is 5.91 Å². The molecule has 1 unspecified atom stereocenters. The molecular weight excluding hydrogens is 252 g/mol. The third-order valence-electron chi connectivity index (χ3n) is 2.93. The normalized spacial score (nSPS) is 12.2. The molecule has 2 N–H and O–H groups in total. The molecular formula is C16H26N2O2. The summed E-state index contributed by atoms with van der Waals surface area (Å²) in [5, 5.41) is 6.06. The quantitative estimate of drug-likeness (QED) is 0.768. The zero-order valence-electron chi connectivity index (χ0n) is 12.9. The van der Waals surface area contributed by atoms with Crippen molar-refractivity contribution in [3.8, 4) is 5.75 Å². The number of ether oxygens (including phenoxy) is 1. The number of benzene rings is 1. The van der Waals surface area contributed by atoms with Gasteiger partial charge < -0.3 is 15.4 Å². The van der Waals surface area contributed by atoms with Crippen LogP contribution in [-0.2, 0) is 11.3 Å². The molecule has 1 atom stereocenters. The fourth-order valence-electron chi connectivity index (χ4n) is 1.71. The number of rotatable bonds is 8. The van der Waals surface area contributed by atoms with E-state index in [4.69, 9.17) is 4.74 Å². The van der Waals surface area contributed by atoms with Crippen molar-refractivity contribution in [1.29, 1.82) is 0 Å². The van der Waals surface area contributed by atoms with Crippen molar-refractivity contribution in [2.75, 3.05) is 6.54 Å². The second kappa shape index (κ2) is 8.59. The van der Waals surface area contributed by atoms with Gasteiger partial charge in [-0.05, 0) is 44.9 Å². The molecule has 4 heteroatoms. The lowest BCUT2D eigenvalue weighted by Gasteiger charge is -2.12. The van der Waals surface area contributed by atoms with Gasteiger partial charge in [0, 0.05) is 12.6 Å². The highest BCUT2D eigenvalue weighted by atomic mass is 16.5. The molecule has 1 rings (SSSR count). The van der Waals surface area contributed by atoms with Crippen LogP contribution in [0.2, 0.25) is 0 Å². The molecule has 0 bridgehead atoms. The van der Waals surface area contributed by atoms with Crippen molar-refractivity contribution in [2.45, 2.75) is 52.8 Å². The highest BCUT2D eigenvalue weighted by Gasteiger charge is 2.04. The molecule has 20 heavy (non-hydrogen) atoms.